The van der Waals surface area contributed by atoms with Crippen molar-refractivity contribution >= 4 is 17.1 Å². The van der Waals surface area contributed by atoms with Crippen molar-refractivity contribution in [3.05, 3.63) is 20.8 Å². The second kappa shape index (κ2) is 4.78. The Hall–Kier alpha value is -2.09. The van der Waals surface area contributed by atoms with Gasteiger partial charge in [-0.3, -0.25) is 13.9 Å². The predicted molar refractivity (Wildman–Crippen MR) is 76.1 cm³/mol. The molecule has 0 unspecified atom stereocenters. The van der Waals surface area contributed by atoms with Gasteiger partial charge in [0, 0.05) is 33.2 Å². The van der Waals surface area contributed by atoms with Gasteiger partial charge in [0.25, 0.3) is 5.56 Å². The average Bonchev–Trinajstić information content (AvgIpc) is 3.17. The highest BCUT2D eigenvalue weighted by Gasteiger charge is 2.19. The minimum atomic E-state index is -0.379. The van der Waals surface area contributed by atoms with Gasteiger partial charge < -0.3 is 15.6 Å². The summed E-state index contributed by atoms with van der Waals surface area (Å²) in [7, 11) is 3.06. The third-order valence-corrected chi connectivity index (χ3v) is 3.52. The highest BCUT2D eigenvalue weighted by molar-refractivity contribution is 5.72. The molecule has 8 nitrogen and oxygen atoms in total. The molecule has 0 atom stereocenters. The Morgan fingerprint density at radius 2 is 2.00 bits per heavy atom. The van der Waals surface area contributed by atoms with E-state index in [1.54, 1.807) is 7.05 Å². The second-order valence-electron chi connectivity index (χ2n) is 5.14. The number of rotatable bonds is 5. The van der Waals surface area contributed by atoms with E-state index in [0.717, 1.165) is 11.1 Å². The van der Waals surface area contributed by atoms with E-state index in [0.29, 0.717) is 29.7 Å². The molecule has 3 N–H and O–H groups in total. The Morgan fingerprint density at radius 1 is 1.25 bits per heavy atom. The number of imidazole rings is 1. The van der Waals surface area contributed by atoms with Crippen molar-refractivity contribution in [3.8, 4) is 0 Å². The summed E-state index contributed by atoms with van der Waals surface area (Å²) >= 11 is 0. The van der Waals surface area contributed by atoms with Crippen molar-refractivity contribution < 1.29 is 0 Å². The molecule has 0 aromatic carbocycles. The van der Waals surface area contributed by atoms with E-state index in [9.17, 15) is 9.59 Å². The van der Waals surface area contributed by atoms with E-state index in [1.807, 2.05) is 0 Å². The number of nitrogens with one attached hydrogen (secondary N) is 3. The monoisotopic (exact) mass is 278 g/mol. The zero-order valence-corrected chi connectivity index (χ0v) is 11.6. The summed E-state index contributed by atoms with van der Waals surface area (Å²) in [5.41, 5.74) is -0.0290. The quantitative estimate of drug-likeness (QED) is 0.617. The van der Waals surface area contributed by atoms with Crippen molar-refractivity contribution in [2.45, 2.75) is 18.9 Å². The Morgan fingerprint density at radius 3 is 2.70 bits per heavy atom. The number of nitrogens with zero attached hydrogens (tertiary/aromatic N) is 3. The number of hydrogen-bond acceptors (Lipinski definition) is 5. The van der Waals surface area contributed by atoms with Crippen LogP contribution in [0.5, 0.6) is 0 Å². The summed E-state index contributed by atoms with van der Waals surface area (Å²) in [6, 6.07) is 0.667. The van der Waals surface area contributed by atoms with Crippen LogP contribution in [0.3, 0.4) is 0 Å². The molecular formula is C12H18N6O2. The SMILES string of the molecule is Cn1c(=O)c2[nH]c(NCCNC3CC3)nc2n(C)c1=O. The zero-order chi connectivity index (χ0) is 14.3. The molecule has 3 rings (SSSR count). The summed E-state index contributed by atoms with van der Waals surface area (Å²) in [6.45, 7) is 1.56. The van der Waals surface area contributed by atoms with Crippen LogP contribution in [0.15, 0.2) is 9.59 Å². The summed E-state index contributed by atoms with van der Waals surface area (Å²) in [5.74, 6) is 0.510. The third kappa shape index (κ3) is 2.22. The first-order valence-corrected chi connectivity index (χ1v) is 6.71. The molecule has 2 aromatic heterocycles. The molecule has 0 spiro atoms. The molecule has 0 aliphatic heterocycles. The molecule has 1 fully saturated rings. The van der Waals surface area contributed by atoms with Gasteiger partial charge >= 0.3 is 5.69 Å². The molecule has 0 saturated heterocycles. The number of aryl methyl sites for hydroxylation is 1. The average molecular weight is 278 g/mol. The van der Waals surface area contributed by atoms with Gasteiger partial charge in [-0.15, -0.1) is 0 Å². The minimum absolute atomic E-state index is 0.340. The molecule has 2 aromatic rings. The van der Waals surface area contributed by atoms with Crippen LogP contribution in [-0.2, 0) is 14.1 Å². The largest absolute Gasteiger partial charge is 0.354 e. The van der Waals surface area contributed by atoms with Crippen molar-refractivity contribution in [1.82, 2.24) is 24.4 Å². The molecular weight excluding hydrogens is 260 g/mol. The van der Waals surface area contributed by atoms with Gasteiger partial charge in [-0.05, 0) is 12.8 Å². The Kier molecular flexibility index (Phi) is 3.09. The molecule has 1 saturated carbocycles. The zero-order valence-electron chi connectivity index (χ0n) is 11.6. The van der Waals surface area contributed by atoms with Crippen molar-refractivity contribution in [2.75, 3.05) is 18.4 Å². The van der Waals surface area contributed by atoms with Crippen molar-refractivity contribution in [2.24, 2.45) is 14.1 Å². The van der Waals surface area contributed by atoms with Gasteiger partial charge in [0.15, 0.2) is 11.2 Å². The lowest BCUT2D eigenvalue weighted by Gasteiger charge is -2.03. The normalized spacial score (nSPS) is 14.9. The van der Waals surface area contributed by atoms with Gasteiger partial charge in [0.05, 0.1) is 0 Å². The summed E-state index contributed by atoms with van der Waals surface area (Å²) in [4.78, 5) is 31.0. The van der Waals surface area contributed by atoms with Crippen molar-refractivity contribution in [3.63, 3.8) is 0 Å². The maximum absolute atomic E-state index is 12.0. The number of aromatic nitrogens is 4. The molecule has 1 aliphatic rings. The standard InChI is InChI=1S/C12H18N6O2/c1-17-9-8(10(19)18(2)12(17)20)15-11(16-9)14-6-5-13-7-3-4-7/h7,13H,3-6H2,1-2H3,(H2,14,15,16). The Balaban J connectivity index is 1.82. The van der Waals surface area contributed by atoms with E-state index in [4.69, 9.17) is 0 Å². The van der Waals surface area contributed by atoms with Gasteiger partial charge in [0.2, 0.25) is 5.95 Å². The van der Waals surface area contributed by atoms with Crippen LogP contribution < -0.4 is 21.9 Å². The number of hydrogen-bond donors (Lipinski definition) is 3. The maximum Gasteiger partial charge on any atom is 0.332 e. The van der Waals surface area contributed by atoms with Crippen LogP contribution >= 0.6 is 0 Å². The Bertz CT molecular complexity index is 752. The van der Waals surface area contributed by atoms with Gasteiger partial charge in [-0.1, -0.05) is 0 Å². The molecule has 108 valence electrons. The number of aromatic amines is 1. The topological polar surface area (TPSA) is 96.7 Å². The number of H-pyrrole nitrogens is 1. The van der Waals surface area contributed by atoms with Gasteiger partial charge in [0.1, 0.15) is 0 Å². The first-order valence-electron chi connectivity index (χ1n) is 6.71. The Labute approximate surface area is 114 Å². The smallest absolute Gasteiger partial charge is 0.332 e. The molecule has 8 heteroatoms. The summed E-state index contributed by atoms with van der Waals surface area (Å²) in [6.07, 6.45) is 2.51. The predicted octanol–water partition coefficient (Wildman–Crippen LogP) is -0.876. The van der Waals surface area contributed by atoms with Crippen molar-refractivity contribution in [1.29, 1.82) is 0 Å². The van der Waals surface area contributed by atoms with Gasteiger partial charge in [-0.25, -0.2) is 4.79 Å². The lowest BCUT2D eigenvalue weighted by Crippen LogP contribution is -2.36. The first-order chi connectivity index (χ1) is 9.58. The molecule has 0 bridgehead atoms. The lowest BCUT2D eigenvalue weighted by molar-refractivity contribution is 0.700. The fourth-order valence-corrected chi connectivity index (χ4v) is 2.15. The molecule has 2 heterocycles. The van der Waals surface area contributed by atoms with Crippen LogP contribution in [0, 0.1) is 0 Å². The van der Waals surface area contributed by atoms with Crippen LogP contribution in [0.1, 0.15) is 12.8 Å². The van der Waals surface area contributed by atoms with Crippen LogP contribution in [0.25, 0.3) is 11.2 Å². The van der Waals surface area contributed by atoms with Crippen LogP contribution in [-0.4, -0.2) is 38.2 Å². The van der Waals surface area contributed by atoms with Crippen LogP contribution in [0.2, 0.25) is 0 Å². The van der Waals surface area contributed by atoms with Crippen LogP contribution in [0.4, 0.5) is 5.95 Å². The fourth-order valence-electron chi connectivity index (χ4n) is 2.15. The molecule has 20 heavy (non-hydrogen) atoms. The number of fused-ring (bicyclic) bond motifs is 1. The highest BCUT2D eigenvalue weighted by atomic mass is 16.2. The molecule has 1 aliphatic carbocycles. The summed E-state index contributed by atoms with van der Waals surface area (Å²) in [5, 5.41) is 6.49. The third-order valence-electron chi connectivity index (χ3n) is 3.52. The van der Waals surface area contributed by atoms with E-state index in [1.165, 1.54) is 24.5 Å². The lowest BCUT2D eigenvalue weighted by atomic mass is 10.5. The molecule has 0 amide bonds. The van der Waals surface area contributed by atoms with E-state index >= 15 is 0 Å². The maximum atomic E-state index is 12.0. The van der Waals surface area contributed by atoms with E-state index < -0.39 is 0 Å². The van der Waals surface area contributed by atoms with E-state index in [2.05, 4.69) is 20.6 Å². The fraction of sp³-hybridized carbons (Fsp3) is 0.583. The first kappa shape index (κ1) is 12.9. The minimum Gasteiger partial charge on any atom is -0.354 e. The summed E-state index contributed by atoms with van der Waals surface area (Å²) < 4.78 is 2.43. The highest BCUT2D eigenvalue weighted by Crippen LogP contribution is 2.17. The molecule has 0 radical (unpaired) electrons. The number of anilines is 1. The van der Waals surface area contributed by atoms with Gasteiger partial charge in [-0.2, -0.15) is 4.98 Å². The second-order valence-corrected chi connectivity index (χ2v) is 5.14. The van der Waals surface area contributed by atoms with E-state index in [-0.39, 0.29) is 11.2 Å².